The zero-order chi connectivity index (χ0) is 33.0. The van der Waals surface area contributed by atoms with Crippen LogP contribution in [0, 0.1) is 0 Å². The molecule has 50 heavy (non-hydrogen) atoms. The van der Waals surface area contributed by atoms with Crippen molar-refractivity contribution < 1.29 is 4.42 Å². The molecule has 0 saturated heterocycles. The van der Waals surface area contributed by atoms with Gasteiger partial charge in [-0.1, -0.05) is 133 Å². The summed E-state index contributed by atoms with van der Waals surface area (Å²) in [5.74, 6) is 1.82. The van der Waals surface area contributed by atoms with E-state index in [0.29, 0.717) is 17.5 Å². The van der Waals surface area contributed by atoms with Gasteiger partial charge in [-0.2, -0.15) is 0 Å². The summed E-state index contributed by atoms with van der Waals surface area (Å²) < 4.78 is 8.97. The normalized spacial score (nSPS) is 11.6. The van der Waals surface area contributed by atoms with Crippen molar-refractivity contribution in [1.82, 2.24) is 19.5 Å². The maximum atomic E-state index is 6.66. The average Bonchev–Trinajstić information content (AvgIpc) is 3.74. The topological polar surface area (TPSA) is 56.7 Å². The Morgan fingerprint density at radius 2 is 0.880 bits per heavy atom. The van der Waals surface area contributed by atoms with Gasteiger partial charge in [-0.05, 0) is 47.5 Å². The standard InChI is InChI=1S/C45H28N4O/c1-3-14-29(15-4-1)31-18-13-19-32(26-31)44-46-43(30-16-5-2-6-17-30)47-45(48-44)33-27-37-36-22-9-12-25-41(36)50-42(37)40(28-33)49-38-23-10-7-20-34(38)35-21-8-11-24-39(35)49/h1-28H. The predicted octanol–water partition coefficient (Wildman–Crippen LogP) is 11.5. The van der Waals surface area contributed by atoms with E-state index >= 15 is 0 Å². The molecule has 7 aromatic carbocycles. The van der Waals surface area contributed by atoms with Gasteiger partial charge in [0, 0.05) is 38.2 Å². The lowest BCUT2D eigenvalue weighted by atomic mass is 10.0. The zero-order valence-electron chi connectivity index (χ0n) is 26.9. The highest BCUT2D eigenvalue weighted by atomic mass is 16.3. The van der Waals surface area contributed by atoms with E-state index in [1.807, 2.05) is 48.5 Å². The fourth-order valence-corrected chi connectivity index (χ4v) is 7.11. The summed E-state index contributed by atoms with van der Waals surface area (Å²) in [6, 6.07) is 58.5. The zero-order valence-corrected chi connectivity index (χ0v) is 26.9. The summed E-state index contributed by atoms with van der Waals surface area (Å²) in [4.78, 5) is 15.4. The Labute approximate surface area is 287 Å². The van der Waals surface area contributed by atoms with Crippen LogP contribution in [0.5, 0.6) is 0 Å². The fraction of sp³-hybridized carbons (Fsp3) is 0. The first-order valence-electron chi connectivity index (χ1n) is 16.7. The number of rotatable bonds is 5. The van der Waals surface area contributed by atoms with Crippen molar-refractivity contribution in [2.45, 2.75) is 0 Å². The van der Waals surface area contributed by atoms with E-state index in [1.54, 1.807) is 0 Å². The second-order valence-electron chi connectivity index (χ2n) is 12.5. The number of para-hydroxylation sites is 3. The van der Waals surface area contributed by atoms with Crippen LogP contribution in [0.3, 0.4) is 0 Å². The van der Waals surface area contributed by atoms with Gasteiger partial charge in [0.15, 0.2) is 23.1 Å². The molecule has 0 atom stereocenters. The number of nitrogens with zero attached hydrogens (tertiary/aromatic N) is 4. The maximum Gasteiger partial charge on any atom is 0.164 e. The average molecular weight is 641 g/mol. The lowest BCUT2D eigenvalue weighted by Gasteiger charge is -2.13. The van der Waals surface area contributed by atoms with Gasteiger partial charge in [0.2, 0.25) is 0 Å². The third-order valence-electron chi connectivity index (χ3n) is 9.43. The molecule has 3 heterocycles. The molecule has 10 rings (SSSR count). The molecule has 0 amide bonds. The number of benzene rings is 7. The third kappa shape index (κ3) is 4.60. The van der Waals surface area contributed by atoms with Crippen LogP contribution in [-0.2, 0) is 0 Å². The molecule has 0 unspecified atom stereocenters. The Morgan fingerprint density at radius 3 is 1.58 bits per heavy atom. The Bertz CT molecular complexity index is 2820. The lowest BCUT2D eigenvalue weighted by molar-refractivity contribution is 0.666. The number of furan rings is 1. The first-order valence-corrected chi connectivity index (χ1v) is 16.7. The number of aromatic nitrogens is 4. The number of hydrogen-bond donors (Lipinski definition) is 0. The van der Waals surface area contributed by atoms with Crippen LogP contribution in [0.2, 0.25) is 0 Å². The monoisotopic (exact) mass is 640 g/mol. The summed E-state index contributed by atoms with van der Waals surface area (Å²) in [6.07, 6.45) is 0. The molecule has 5 nitrogen and oxygen atoms in total. The summed E-state index contributed by atoms with van der Waals surface area (Å²) in [5.41, 5.74) is 9.75. The molecule has 0 N–H and O–H groups in total. The van der Waals surface area contributed by atoms with E-state index in [4.69, 9.17) is 19.4 Å². The maximum absolute atomic E-state index is 6.66. The largest absolute Gasteiger partial charge is 0.454 e. The molecule has 0 radical (unpaired) electrons. The summed E-state index contributed by atoms with van der Waals surface area (Å²) in [7, 11) is 0. The van der Waals surface area contributed by atoms with E-state index in [1.165, 1.54) is 10.8 Å². The van der Waals surface area contributed by atoms with E-state index in [-0.39, 0.29) is 0 Å². The van der Waals surface area contributed by atoms with Crippen LogP contribution in [0.1, 0.15) is 0 Å². The van der Waals surface area contributed by atoms with Crippen LogP contribution in [0.25, 0.3) is 94.7 Å². The molecule has 0 fully saturated rings. The molecule has 10 aromatic rings. The highest BCUT2D eigenvalue weighted by Gasteiger charge is 2.21. The van der Waals surface area contributed by atoms with Gasteiger partial charge in [0.25, 0.3) is 0 Å². The summed E-state index contributed by atoms with van der Waals surface area (Å²) >= 11 is 0. The Hall–Kier alpha value is -6.85. The Kier molecular flexibility index (Phi) is 6.42. The molecule has 0 aliphatic carbocycles. The minimum Gasteiger partial charge on any atom is -0.454 e. The third-order valence-corrected chi connectivity index (χ3v) is 9.43. The van der Waals surface area contributed by atoms with Crippen LogP contribution >= 0.6 is 0 Å². The number of hydrogen-bond acceptors (Lipinski definition) is 4. The smallest absolute Gasteiger partial charge is 0.164 e. The van der Waals surface area contributed by atoms with Crippen molar-refractivity contribution in [3.63, 3.8) is 0 Å². The predicted molar refractivity (Wildman–Crippen MR) is 203 cm³/mol. The summed E-state index contributed by atoms with van der Waals surface area (Å²) in [5, 5.41) is 4.42. The van der Waals surface area contributed by atoms with Crippen molar-refractivity contribution in [2.24, 2.45) is 0 Å². The molecule has 3 aromatic heterocycles. The minimum atomic E-state index is 0.591. The molecule has 0 saturated carbocycles. The van der Waals surface area contributed by atoms with E-state index in [2.05, 4.69) is 126 Å². The van der Waals surface area contributed by atoms with Gasteiger partial charge in [0.05, 0.1) is 16.7 Å². The van der Waals surface area contributed by atoms with Gasteiger partial charge in [-0.3, -0.25) is 0 Å². The molecule has 0 bridgehead atoms. The quantitative estimate of drug-likeness (QED) is 0.188. The van der Waals surface area contributed by atoms with Crippen molar-refractivity contribution in [3.05, 3.63) is 170 Å². The van der Waals surface area contributed by atoms with Gasteiger partial charge < -0.3 is 8.98 Å². The molecule has 5 heteroatoms. The van der Waals surface area contributed by atoms with Gasteiger partial charge in [-0.15, -0.1) is 0 Å². The molecular weight excluding hydrogens is 613 g/mol. The second kappa shape index (κ2) is 11.4. The van der Waals surface area contributed by atoms with E-state index in [0.717, 1.165) is 66.5 Å². The van der Waals surface area contributed by atoms with Crippen LogP contribution in [0.4, 0.5) is 0 Å². The Morgan fingerprint density at radius 1 is 0.360 bits per heavy atom. The van der Waals surface area contributed by atoms with Crippen molar-refractivity contribution in [1.29, 1.82) is 0 Å². The molecular formula is C45H28N4O. The van der Waals surface area contributed by atoms with Crippen molar-refractivity contribution in [3.8, 4) is 51.0 Å². The van der Waals surface area contributed by atoms with Crippen LogP contribution < -0.4 is 0 Å². The molecule has 0 aliphatic heterocycles. The van der Waals surface area contributed by atoms with Crippen molar-refractivity contribution >= 4 is 43.7 Å². The SMILES string of the molecule is c1ccc(-c2cccc(-c3nc(-c4ccccc4)nc(-c4cc(-n5c6ccccc6c6ccccc65)c5oc6ccccc6c5c4)n3)c2)cc1. The fourth-order valence-electron chi connectivity index (χ4n) is 7.11. The lowest BCUT2D eigenvalue weighted by Crippen LogP contribution is -2.01. The van der Waals surface area contributed by atoms with Crippen LogP contribution in [0.15, 0.2) is 174 Å². The van der Waals surface area contributed by atoms with Gasteiger partial charge in [-0.25, -0.2) is 15.0 Å². The first-order chi connectivity index (χ1) is 24.8. The van der Waals surface area contributed by atoms with Gasteiger partial charge >= 0.3 is 0 Å². The minimum absolute atomic E-state index is 0.591. The highest BCUT2D eigenvalue weighted by molar-refractivity contribution is 6.13. The van der Waals surface area contributed by atoms with E-state index in [9.17, 15) is 0 Å². The molecule has 0 spiro atoms. The summed E-state index contributed by atoms with van der Waals surface area (Å²) in [6.45, 7) is 0. The second-order valence-corrected chi connectivity index (χ2v) is 12.5. The number of fused-ring (bicyclic) bond motifs is 6. The first kappa shape index (κ1) is 28.2. The van der Waals surface area contributed by atoms with Crippen molar-refractivity contribution in [2.75, 3.05) is 0 Å². The molecule has 234 valence electrons. The Balaban J connectivity index is 1.26. The highest BCUT2D eigenvalue weighted by Crippen LogP contribution is 2.40. The molecule has 0 aliphatic rings. The van der Waals surface area contributed by atoms with Crippen LogP contribution in [-0.4, -0.2) is 19.5 Å². The van der Waals surface area contributed by atoms with Gasteiger partial charge in [0.1, 0.15) is 5.58 Å². The van der Waals surface area contributed by atoms with E-state index < -0.39 is 0 Å².